The first-order valence-electron chi connectivity index (χ1n) is 10.5. The maximum absolute atomic E-state index is 12.6. The summed E-state index contributed by atoms with van der Waals surface area (Å²) in [7, 11) is 0. The summed E-state index contributed by atoms with van der Waals surface area (Å²) < 4.78 is 2.43. The van der Waals surface area contributed by atoms with Gasteiger partial charge in [-0.05, 0) is 69.4 Å². The third kappa shape index (κ3) is 5.60. The van der Waals surface area contributed by atoms with Crippen LogP contribution in [0.5, 0.6) is 0 Å². The molecule has 1 N–H and O–H groups in total. The molecule has 0 atom stereocenters. The summed E-state index contributed by atoms with van der Waals surface area (Å²) in [5.41, 5.74) is 2.55. The topological polar surface area (TPSA) is 99.9 Å². The number of carboxylic acid groups (broad SMARTS) is 1. The van der Waals surface area contributed by atoms with Gasteiger partial charge in [0.15, 0.2) is 5.16 Å². The molecule has 4 aromatic rings. The zero-order valence-corrected chi connectivity index (χ0v) is 23.8. The summed E-state index contributed by atoms with van der Waals surface area (Å²) in [6.45, 7) is 0. The van der Waals surface area contributed by atoms with Crippen molar-refractivity contribution in [3.8, 4) is 5.69 Å². The van der Waals surface area contributed by atoms with Crippen molar-refractivity contribution in [1.29, 1.82) is 0 Å². The molecule has 1 aliphatic carbocycles. The van der Waals surface area contributed by atoms with Gasteiger partial charge < -0.3 is 15.2 Å². The Kier molecular flexibility index (Phi) is 8.25. The molecule has 11 heteroatoms. The Bertz CT molecular complexity index is 1440. The first kappa shape index (κ1) is 26.2. The fourth-order valence-corrected chi connectivity index (χ4v) is 5.39. The van der Waals surface area contributed by atoms with Gasteiger partial charge in [-0.15, -0.1) is 10.2 Å². The van der Waals surface area contributed by atoms with Gasteiger partial charge in [0.2, 0.25) is 10.6 Å². The van der Waals surface area contributed by atoms with Crippen molar-refractivity contribution in [2.45, 2.75) is 23.9 Å². The molecular weight excluding hydrogens is 563 g/mol. The van der Waals surface area contributed by atoms with Gasteiger partial charge in [-0.2, -0.15) is 0 Å². The molecule has 172 valence electrons. The second-order valence-corrected chi connectivity index (χ2v) is 9.96. The minimum atomic E-state index is -1.34. The van der Waals surface area contributed by atoms with Crippen LogP contribution in [-0.2, 0) is 4.79 Å². The fourth-order valence-electron chi connectivity index (χ4n) is 3.86. The number of halogens is 2. The number of nitrogens with zero attached hydrogens (tertiary/aromatic N) is 3. The number of hydrogen-bond donors (Lipinski definition) is 1. The van der Waals surface area contributed by atoms with Gasteiger partial charge in [0.25, 0.3) is 0 Å². The van der Waals surface area contributed by atoms with Gasteiger partial charge in [0.1, 0.15) is 0 Å². The van der Waals surface area contributed by atoms with Gasteiger partial charge in [-0.3, -0.25) is 9.36 Å². The Hall–Kier alpha value is -1.88. The predicted octanol–water partition coefficient (Wildman–Crippen LogP) is 1.81. The maximum Gasteiger partial charge on any atom is 1.00 e. The number of anilines is 1. The van der Waals surface area contributed by atoms with Gasteiger partial charge in [0.05, 0.1) is 28.1 Å². The molecule has 0 spiro atoms. The zero-order chi connectivity index (χ0) is 23.8. The van der Waals surface area contributed by atoms with Crippen molar-refractivity contribution < 1.29 is 44.3 Å². The van der Waals surface area contributed by atoms with Crippen LogP contribution in [-0.4, -0.2) is 32.4 Å². The number of carbonyl (C=O) groups is 2. The largest absolute Gasteiger partial charge is 1.00 e. The van der Waals surface area contributed by atoms with Crippen LogP contribution >= 0.6 is 39.3 Å². The molecule has 0 saturated heterocycles. The molecule has 5 rings (SSSR count). The number of nitrogens with one attached hydrogen (secondary N) is 1. The van der Waals surface area contributed by atoms with Crippen LogP contribution in [0.15, 0.2) is 64.5 Å². The second-order valence-electron chi connectivity index (χ2n) is 7.90. The van der Waals surface area contributed by atoms with Crippen LogP contribution in [0.2, 0.25) is 5.02 Å². The van der Waals surface area contributed by atoms with Crippen molar-refractivity contribution in [3.05, 3.63) is 75.5 Å². The van der Waals surface area contributed by atoms with Crippen molar-refractivity contribution in [3.63, 3.8) is 0 Å². The molecule has 0 radical (unpaired) electrons. The number of thioether (sulfide) groups is 1. The number of aromatic carboxylic acids is 1. The van der Waals surface area contributed by atoms with E-state index < -0.39 is 5.97 Å². The van der Waals surface area contributed by atoms with E-state index in [0.29, 0.717) is 21.5 Å². The average molecular weight is 580 g/mol. The number of amides is 1. The Morgan fingerprint density at radius 2 is 1.86 bits per heavy atom. The molecule has 1 saturated carbocycles. The molecule has 35 heavy (non-hydrogen) atoms. The molecule has 1 heterocycles. The molecule has 3 aromatic carbocycles. The first-order valence-corrected chi connectivity index (χ1v) is 12.6. The molecular formula is C24H17BrClN4NaO3S. The van der Waals surface area contributed by atoms with Crippen molar-refractivity contribution in [2.75, 3.05) is 11.1 Å². The van der Waals surface area contributed by atoms with E-state index in [1.165, 1.54) is 53.8 Å². The monoisotopic (exact) mass is 578 g/mol. The third-order valence-corrected chi connectivity index (χ3v) is 7.35. The first-order chi connectivity index (χ1) is 16.4. The van der Waals surface area contributed by atoms with E-state index >= 15 is 0 Å². The number of carbonyl (C=O) groups excluding carboxylic acids is 2. The SMILES string of the molecule is O=C(CSc1nnc(Br)n1-c1ccc(C2CC2)c2ccccc12)Nc1ccc(C(=O)[O-])cc1Cl.[Na+]. The van der Waals surface area contributed by atoms with Crippen LogP contribution in [0.25, 0.3) is 16.5 Å². The van der Waals surface area contributed by atoms with Crippen molar-refractivity contribution in [2.24, 2.45) is 0 Å². The van der Waals surface area contributed by atoms with E-state index in [2.05, 4.69) is 55.7 Å². The molecule has 1 aromatic heterocycles. The van der Waals surface area contributed by atoms with Crippen LogP contribution in [0.1, 0.15) is 34.7 Å². The summed E-state index contributed by atoms with van der Waals surface area (Å²) >= 11 is 10.8. The Balaban J connectivity index is 0.00000289. The Labute approximate surface area is 241 Å². The average Bonchev–Trinajstić information content (AvgIpc) is 3.61. The van der Waals surface area contributed by atoms with E-state index in [4.69, 9.17) is 11.6 Å². The molecule has 1 amide bonds. The van der Waals surface area contributed by atoms with Gasteiger partial charge in [-0.1, -0.05) is 59.8 Å². The minimum absolute atomic E-state index is 0. The van der Waals surface area contributed by atoms with Crippen LogP contribution in [0.4, 0.5) is 5.69 Å². The number of aromatic nitrogens is 3. The Morgan fingerprint density at radius 1 is 1.11 bits per heavy atom. The summed E-state index contributed by atoms with van der Waals surface area (Å²) in [5.74, 6) is -0.971. The molecule has 0 aliphatic heterocycles. The number of fused-ring (bicyclic) bond motifs is 1. The third-order valence-electron chi connectivity index (χ3n) is 5.60. The van der Waals surface area contributed by atoms with E-state index in [1.807, 2.05) is 16.7 Å². The summed E-state index contributed by atoms with van der Waals surface area (Å²) in [6.07, 6.45) is 2.44. The number of rotatable bonds is 7. The van der Waals surface area contributed by atoms with Gasteiger partial charge in [-0.25, -0.2) is 0 Å². The minimum Gasteiger partial charge on any atom is -0.545 e. The molecule has 0 bridgehead atoms. The van der Waals surface area contributed by atoms with Gasteiger partial charge in [0, 0.05) is 5.39 Å². The quantitative estimate of drug-likeness (QED) is 0.265. The summed E-state index contributed by atoms with van der Waals surface area (Å²) in [6, 6.07) is 16.5. The zero-order valence-electron chi connectivity index (χ0n) is 18.6. The molecule has 7 nitrogen and oxygen atoms in total. The Morgan fingerprint density at radius 3 is 2.54 bits per heavy atom. The molecule has 1 fully saturated rings. The summed E-state index contributed by atoms with van der Waals surface area (Å²) in [4.78, 5) is 23.5. The van der Waals surface area contributed by atoms with E-state index in [9.17, 15) is 14.7 Å². The molecule has 0 unspecified atom stereocenters. The van der Waals surface area contributed by atoms with E-state index in [0.717, 1.165) is 11.1 Å². The van der Waals surface area contributed by atoms with Gasteiger partial charge >= 0.3 is 29.6 Å². The summed E-state index contributed by atoms with van der Waals surface area (Å²) in [5, 5.41) is 25.1. The number of hydrogen-bond acceptors (Lipinski definition) is 6. The van der Waals surface area contributed by atoms with Crippen LogP contribution in [0.3, 0.4) is 0 Å². The standard InChI is InChI=1S/C24H18BrClN4O3S.Na/c25-23-28-29-24(34-12-21(31)27-19-9-7-14(22(32)33)11-18(19)26)30(23)20-10-8-15(13-5-6-13)16-3-1-2-4-17(16)20;/h1-4,7-11,13H,5-6,12H2,(H,27,31)(H,32,33);/q;+1/p-1. The van der Waals surface area contributed by atoms with Crippen molar-refractivity contribution >= 4 is 67.6 Å². The number of benzene rings is 3. The van der Waals surface area contributed by atoms with E-state index in [-0.39, 0.29) is 51.8 Å². The predicted molar refractivity (Wildman–Crippen MR) is 134 cm³/mol. The maximum atomic E-state index is 12.6. The number of carboxylic acids is 1. The van der Waals surface area contributed by atoms with Crippen molar-refractivity contribution in [1.82, 2.24) is 14.8 Å². The normalized spacial score (nSPS) is 12.9. The van der Waals surface area contributed by atoms with Crippen LogP contribution in [0, 0.1) is 0 Å². The fraction of sp³-hybridized carbons (Fsp3) is 0.167. The van der Waals surface area contributed by atoms with Crippen LogP contribution < -0.4 is 40.0 Å². The second kappa shape index (κ2) is 11.0. The van der Waals surface area contributed by atoms with E-state index in [1.54, 1.807) is 0 Å². The smallest absolute Gasteiger partial charge is 0.545 e. The molecule has 1 aliphatic rings.